The monoisotopic (exact) mass is 232 g/mol. The molecule has 1 fully saturated rings. The predicted octanol–water partition coefficient (Wildman–Crippen LogP) is 4.81. The first kappa shape index (κ1) is 12.5. The Morgan fingerprint density at radius 2 is 1.53 bits per heavy atom. The zero-order valence-corrected chi connectivity index (χ0v) is 11.3. The van der Waals surface area contributed by atoms with E-state index in [0.29, 0.717) is 0 Å². The topological polar surface area (TPSA) is 9.23 Å². The van der Waals surface area contributed by atoms with Gasteiger partial charge in [0, 0.05) is 5.41 Å². The molecule has 1 aliphatic rings. The SMILES string of the molecule is CC(C)(C)C1(Oc2ccccc2)CCCCC1. The first-order valence-corrected chi connectivity index (χ1v) is 6.78. The van der Waals surface area contributed by atoms with Crippen LogP contribution in [0.15, 0.2) is 30.3 Å². The summed E-state index contributed by atoms with van der Waals surface area (Å²) in [7, 11) is 0. The molecule has 0 spiro atoms. The van der Waals surface area contributed by atoms with Gasteiger partial charge in [0.2, 0.25) is 0 Å². The first-order chi connectivity index (χ1) is 8.04. The van der Waals surface area contributed by atoms with E-state index in [4.69, 9.17) is 4.74 Å². The summed E-state index contributed by atoms with van der Waals surface area (Å²) >= 11 is 0. The Bertz CT molecular complexity index is 342. The van der Waals surface area contributed by atoms with Gasteiger partial charge in [0.05, 0.1) is 0 Å². The van der Waals surface area contributed by atoms with Crippen LogP contribution in [0.4, 0.5) is 0 Å². The number of hydrogen-bond donors (Lipinski definition) is 0. The van der Waals surface area contributed by atoms with Crippen molar-refractivity contribution in [3.8, 4) is 5.75 Å². The molecular weight excluding hydrogens is 208 g/mol. The van der Waals surface area contributed by atoms with Crippen LogP contribution < -0.4 is 4.74 Å². The predicted molar refractivity (Wildman–Crippen MR) is 72.3 cm³/mol. The van der Waals surface area contributed by atoms with Gasteiger partial charge in [0.1, 0.15) is 11.4 Å². The summed E-state index contributed by atoms with van der Waals surface area (Å²) in [5.74, 6) is 1.02. The second-order valence-electron chi connectivity index (χ2n) is 6.22. The third kappa shape index (κ3) is 2.65. The molecule has 1 aromatic rings. The van der Waals surface area contributed by atoms with Gasteiger partial charge in [-0.2, -0.15) is 0 Å². The average Bonchev–Trinajstić information content (AvgIpc) is 2.30. The van der Waals surface area contributed by atoms with Crippen molar-refractivity contribution in [3.63, 3.8) is 0 Å². The van der Waals surface area contributed by atoms with Crippen molar-refractivity contribution in [3.05, 3.63) is 30.3 Å². The molecule has 0 radical (unpaired) electrons. The highest BCUT2D eigenvalue weighted by Gasteiger charge is 2.44. The molecule has 94 valence electrons. The minimum atomic E-state index is 0.0204. The van der Waals surface area contributed by atoms with Crippen molar-refractivity contribution in [1.29, 1.82) is 0 Å². The Morgan fingerprint density at radius 1 is 0.941 bits per heavy atom. The van der Waals surface area contributed by atoms with Crippen LogP contribution >= 0.6 is 0 Å². The average molecular weight is 232 g/mol. The number of rotatable bonds is 2. The lowest BCUT2D eigenvalue weighted by atomic mass is 9.68. The minimum Gasteiger partial charge on any atom is -0.487 e. The number of hydrogen-bond acceptors (Lipinski definition) is 1. The van der Waals surface area contributed by atoms with Gasteiger partial charge in [-0.25, -0.2) is 0 Å². The fourth-order valence-corrected chi connectivity index (χ4v) is 2.84. The lowest BCUT2D eigenvalue weighted by Gasteiger charge is -2.47. The van der Waals surface area contributed by atoms with Crippen molar-refractivity contribution >= 4 is 0 Å². The van der Waals surface area contributed by atoms with E-state index in [-0.39, 0.29) is 11.0 Å². The molecule has 1 heteroatoms. The van der Waals surface area contributed by atoms with E-state index < -0.39 is 0 Å². The van der Waals surface area contributed by atoms with E-state index in [9.17, 15) is 0 Å². The third-order valence-electron chi connectivity index (χ3n) is 4.08. The summed E-state index contributed by atoms with van der Waals surface area (Å²) < 4.78 is 6.41. The fraction of sp³-hybridized carbons (Fsp3) is 0.625. The van der Waals surface area contributed by atoms with Gasteiger partial charge in [0.25, 0.3) is 0 Å². The van der Waals surface area contributed by atoms with Gasteiger partial charge < -0.3 is 4.74 Å². The lowest BCUT2D eigenvalue weighted by molar-refractivity contribution is -0.0615. The molecule has 0 N–H and O–H groups in total. The Balaban J connectivity index is 2.22. The van der Waals surface area contributed by atoms with E-state index >= 15 is 0 Å². The van der Waals surface area contributed by atoms with E-state index in [1.807, 2.05) is 6.07 Å². The molecular formula is C16H24O. The van der Waals surface area contributed by atoms with Gasteiger partial charge in [0.15, 0.2) is 0 Å². The maximum atomic E-state index is 6.41. The molecule has 0 aromatic heterocycles. The van der Waals surface area contributed by atoms with Crippen LogP contribution in [0.2, 0.25) is 0 Å². The number of ether oxygens (including phenoxy) is 1. The number of benzene rings is 1. The van der Waals surface area contributed by atoms with E-state index in [2.05, 4.69) is 45.0 Å². The van der Waals surface area contributed by atoms with Crippen molar-refractivity contribution in [1.82, 2.24) is 0 Å². The Labute approximate surface area is 105 Å². The van der Waals surface area contributed by atoms with E-state index in [1.165, 1.54) is 32.1 Å². The van der Waals surface area contributed by atoms with Crippen LogP contribution in [0.3, 0.4) is 0 Å². The molecule has 0 heterocycles. The van der Waals surface area contributed by atoms with Crippen LogP contribution in [0, 0.1) is 5.41 Å². The molecule has 1 saturated carbocycles. The standard InChI is InChI=1S/C16H24O/c1-15(2,3)16(12-8-5-9-13-16)17-14-10-6-4-7-11-14/h4,6-7,10-11H,5,8-9,12-13H2,1-3H3. The largest absolute Gasteiger partial charge is 0.487 e. The Morgan fingerprint density at radius 3 is 2.06 bits per heavy atom. The van der Waals surface area contributed by atoms with E-state index in [1.54, 1.807) is 0 Å². The normalized spacial score (nSPS) is 19.9. The second-order valence-corrected chi connectivity index (χ2v) is 6.22. The van der Waals surface area contributed by atoms with E-state index in [0.717, 1.165) is 5.75 Å². The molecule has 2 rings (SSSR count). The molecule has 1 nitrogen and oxygen atoms in total. The van der Waals surface area contributed by atoms with Gasteiger partial charge in [-0.3, -0.25) is 0 Å². The van der Waals surface area contributed by atoms with Crippen LogP contribution in [-0.2, 0) is 0 Å². The zero-order valence-electron chi connectivity index (χ0n) is 11.3. The lowest BCUT2D eigenvalue weighted by Crippen LogP contribution is -2.49. The summed E-state index contributed by atoms with van der Waals surface area (Å²) in [4.78, 5) is 0. The maximum absolute atomic E-state index is 6.41. The number of para-hydroxylation sites is 1. The van der Waals surface area contributed by atoms with Crippen molar-refractivity contribution in [2.24, 2.45) is 5.41 Å². The summed E-state index contributed by atoms with van der Waals surface area (Å²) in [5.41, 5.74) is 0.218. The molecule has 0 aliphatic heterocycles. The molecule has 1 aliphatic carbocycles. The molecule has 1 aromatic carbocycles. The summed E-state index contributed by atoms with van der Waals surface area (Å²) in [6.45, 7) is 6.92. The summed E-state index contributed by atoms with van der Waals surface area (Å²) in [6, 6.07) is 10.3. The fourth-order valence-electron chi connectivity index (χ4n) is 2.84. The molecule has 0 atom stereocenters. The van der Waals surface area contributed by atoms with Crippen LogP contribution in [0.1, 0.15) is 52.9 Å². The van der Waals surface area contributed by atoms with Gasteiger partial charge in [-0.15, -0.1) is 0 Å². The molecule has 17 heavy (non-hydrogen) atoms. The Kier molecular flexibility index (Phi) is 3.46. The van der Waals surface area contributed by atoms with Gasteiger partial charge in [-0.05, 0) is 37.8 Å². The molecule has 0 amide bonds. The van der Waals surface area contributed by atoms with Crippen LogP contribution in [0.25, 0.3) is 0 Å². The second kappa shape index (κ2) is 4.72. The highest BCUT2D eigenvalue weighted by Crippen LogP contribution is 2.45. The highest BCUT2D eigenvalue weighted by atomic mass is 16.5. The van der Waals surface area contributed by atoms with Gasteiger partial charge >= 0.3 is 0 Å². The molecule has 0 bridgehead atoms. The molecule has 0 saturated heterocycles. The summed E-state index contributed by atoms with van der Waals surface area (Å²) in [5, 5.41) is 0. The quantitative estimate of drug-likeness (QED) is 0.710. The van der Waals surface area contributed by atoms with Crippen molar-refractivity contribution in [2.75, 3.05) is 0 Å². The van der Waals surface area contributed by atoms with Crippen LogP contribution in [0.5, 0.6) is 5.75 Å². The van der Waals surface area contributed by atoms with Crippen LogP contribution in [-0.4, -0.2) is 5.60 Å². The highest BCUT2D eigenvalue weighted by molar-refractivity contribution is 5.22. The Hall–Kier alpha value is -0.980. The maximum Gasteiger partial charge on any atom is 0.120 e. The minimum absolute atomic E-state index is 0.0204. The zero-order chi connectivity index (χ0) is 12.4. The smallest absolute Gasteiger partial charge is 0.120 e. The van der Waals surface area contributed by atoms with Crippen molar-refractivity contribution in [2.45, 2.75) is 58.5 Å². The third-order valence-corrected chi connectivity index (χ3v) is 4.08. The van der Waals surface area contributed by atoms with Gasteiger partial charge in [-0.1, -0.05) is 45.4 Å². The molecule has 0 unspecified atom stereocenters. The first-order valence-electron chi connectivity index (χ1n) is 6.78. The van der Waals surface area contributed by atoms with Crippen molar-refractivity contribution < 1.29 is 4.74 Å². The summed E-state index contributed by atoms with van der Waals surface area (Å²) in [6.07, 6.45) is 6.32.